The van der Waals surface area contributed by atoms with E-state index >= 15 is 0 Å². The van der Waals surface area contributed by atoms with E-state index in [-0.39, 0.29) is 38.5 Å². The van der Waals surface area contributed by atoms with Gasteiger partial charge in [0.15, 0.2) is 0 Å². The fourth-order valence-corrected chi connectivity index (χ4v) is 7.48. The number of para-hydroxylation sites is 3. The van der Waals surface area contributed by atoms with E-state index in [9.17, 15) is 26.0 Å². The summed E-state index contributed by atoms with van der Waals surface area (Å²) in [7, 11) is 0. The fourth-order valence-electron chi connectivity index (χ4n) is 7.48. The molecule has 0 radical (unpaired) electrons. The highest BCUT2D eigenvalue weighted by Crippen LogP contribution is 2.43. The van der Waals surface area contributed by atoms with Gasteiger partial charge in [-0.1, -0.05) is 186 Å². The third-order valence-corrected chi connectivity index (χ3v) is 10.8. The van der Waals surface area contributed by atoms with Gasteiger partial charge in [0, 0.05) is 28.6 Å². The van der Waals surface area contributed by atoms with Crippen LogP contribution in [0.5, 0.6) is 11.5 Å². The van der Waals surface area contributed by atoms with Crippen molar-refractivity contribution in [3.63, 3.8) is 0 Å². The average Bonchev–Trinajstić information content (AvgIpc) is 1.60. The van der Waals surface area contributed by atoms with Crippen molar-refractivity contribution in [1.82, 2.24) is 14.1 Å². The Balaban J connectivity index is 1.33. The molecule has 5 nitrogen and oxygen atoms in total. The van der Waals surface area contributed by atoms with Gasteiger partial charge in [-0.25, -0.2) is 4.98 Å². The monoisotopic (exact) mass is 914 g/mol. The number of rotatable bonds is 8. The maximum absolute atomic E-state index is 10.3. The van der Waals surface area contributed by atoms with Crippen LogP contribution in [0.4, 0.5) is 0 Å². The molecule has 0 atom stereocenters. The number of ether oxygens (including phenoxy) is 1. The molecule has 0 aliphatic carbocycles. The van der Waals surface area contributed by atoms with Gasteiger partial charge < -0.3 is 4.74 Å². The van der Waals surface area contributed by atoms with Crippen LogP contribution >= 0.6 is 0 Å². The Morgan fingerprint density at radius 2 is 1.18 bits per heavy atom. The highest BCUT2D eigenvalue weighted by molar-refractivity contribution is 6.11. The number of pyridine rings is 1. The first kappa shape index (κ1) is 20.5. The van der Waals surface area contributed by atoms with E-state index in [1.165, 1.54) is 6.92 Å². The summed E-state index contributed by atoms with van der Waals surface area (Å²) in [4.78, 5) is 4.36. The summed E-state index contributed by atoms with van der Waals surface area (Å²) in [6.07, 6.45) is 2.08. The highest BCUT2D eigenvalue weighted by Gasteiger charge is 2.23. The summed E-state index contributed by atoms with van der Waals surface area (Å²) in [6.45, 7) is 11.3. The maximum Gasteiger partial charge on any atom is 0.269 e. The van der Waals surface area contributed by atoms with Crippen LogP contribution < -0.4 is 9.30 Å². The first-order valence-electron chi connectivity index (χ1n) is 36.5. The van der Waals surface area contributed by atoms with Gasteiger partial charge in [0.2, 0.25) is 0 Å². The van der Waals surface area contributed by atoms with Gasteiger partial charge in [-0.05, 0) is 105 Å². The van der Waals surface area contributed by atoms with E-state index in [0.717, 1.165) is 16.7 Å². The van der Waals surface area contributed by atoms with E-state index in [0.29, 0.717) is 9.13 Å². The summed E-state index contributed by atoms with van der Waals surface area (Å²) >= 11 is 0. The molecule has 0 spiro atoms. The number of fused-ring (bicyclic) bond motifs is 4. The number of hydrogen-bond acceptors (Lipinski definition) is 2. The Morgan fingerprint density at radius 3 is 1.87 bits per heavy atom. The van der Waals surface area contributed by atoms with Crippen molar-refractivity contribution in [2.24, 2.45) is 0 Å². The van der Waals surface area contributed by atoms with Crippen molar-refractivity contribution in [2.75, 3.05) is 0 Å². The van der Waals surface area contributed by atoms with Crippen LogP contribution in [0.25, 0.3) is 83.4 Å². The minimum absolute atomic E-state index is 0.0141. The lowest BCUT2D eigenvalue weighted by molar-refractivity contribution is -0.571. The zero-order chi connectivity index (χ0) is 73.7. The lowest BCUT2D eigenvalue weighted by Gasteiger charge is -2.20. The van der Waals surface area contributed by atoms with E-state index in [4.69, 9.17) is 21.2 Å². The van der Waals surface area contributed by atoms with Crippen LogP contribution in [-0.2, 0) is 10.8 Å². The van der Waals surface area contributed by atoms with Crippen molar-refractivity contribution in [3.05, 3.63) is 223 Å². The number of hydrogen-bond donors (Lipinski definition) is 0. The molecule has 0 fully saturated rings. The van der Waals surface area contributed by atoms with Crippen molar-refractivity contribution < 1.29 is 51.8 Å². The van der Waals surface area contributed by atoms with Crippen molar-refractivity contribution in [3.8, 4) is 62.1 Å². The third-order valence-electron chi connectivity index (χ3n) is 10.8. The van der Waals surface area contributed by atoms with Gasteiger partial charge in [0.25, 0.3) is 6.33 Å². The second-order valence-electron chi connectivity index (χ2n) is 17.6. The zero-order valence-corrected chi connectivity index (χ0v) is 37.4. The number of nitrogens with zero attached hydrogens (tertiary/aromatic N) is 4. The van der Waals surface area contributed by atoms with Gasteiger partial charge in [-0.2, -0.15) is 0 Å². The minimum Gasteiger partial charge on any atom is -0.457 e. The van der Waals surface area contributed by atoms with Crippen LogP contribution in [0.3, 0.4) is 0 Å². The van der Waals surface area contributed by atoms with Crippen LogP contribution in [0, 0.1) is 13.3 Å². The van der Waals surface area contributed by atoms with Crippen LogP contribution in [-0.4, -0.2) is 14.1 Å². The van der Waals surface area contributed by atoms with Gasteiger partial charge in [-0.15, -0.1) is 0 Å². The van der Waals surface area contributed by atoms with Crippen molar-refractivity contribution in [2.45, 2.75) is 59.3 Å². The predicted octanol–water partition coefficient (Wildman–Crippen LogP) is 15.9. The molecule has 0 aliphatic heterocycles. The molecule has 332 valence electrons. The number of aromatic nitrogens is 4. The molecule has 11 rings (SSSR count). The Kier molecular flexibility index (Phi) is 5.02. The molecule has 0 saturated heterocycles. The molecule has 0 N–H and O–H groups in total. The van der Waals surface area contributed by atoms with E-state index in [2.05, 4.69) is 11.3 Å². The van der Waals surface area contributed by atoms with Crippen LogP contribution in [0.2, 0.25) is 0 Å². The Bertz CT molecular complexity index is 5350. The maximum atomic E-state index is 10.3. The lowest BCUT2D eigenvalue weighted by atomic mass is 9.86. The molecule has 3 aromatic heterocycles. The molecule has 5 heteroatoms. The van der Waals surface area contributed by atoms with E-state index in [1.807, 2.05) is 0 Å². The fraction of sp³-hybridized carbons (Fsp3) is 0.143. The average molecular weight is 914 g/mol. The summed E-state index contributed by atoms with van der Waals surface area (Å²) < 4.78 is 295. The quantitative estimate of drug-likeness (QED) is 0.112. The second kappa shape index (κ2) is 16.7. The van der Waals surface area contributed by atoms with Gasteiger partial charge >= 0.3 is 0 Å². The van der Waals surface area contributed by atoms with Gasteiger partial charge in [-0.3, -0.25) is 13.7 Å². The zero-order valence-electron chi connectivity index (χ0n) is 68.4. The first-order valence-corrected chi connectivity index (χ1v) is 21.0. The minimum atomic E-state index is -1.10. The molecule has 11 aromatic rings. The first-order chi connectivity index (χ1) is 45.8. The lowest BCUT2D eigenvalue weighted by Crippen LogP contribution is -2.31. The largest absolute Gasteiger partial charge is 0.457 e. The second-order valence-corrected chi connectivity index (χ2v) is 17.6. The molecular formula is C63H54N4O. The molecule has 0 aliphatic rings. The molecule has 0 bridgehead atoms. The Labute approximate surface area is 442 Å². The van der Waals surface area contributed by atoms with Gasteiger partial charge in [0.05, 0.1) is 75.9 Å². The third kappa shape index (κ3) is 7.74. The SMILES string of the molecule is [2H]c1nc(-n2c3cc(Oc4cc(-n5[c-][n+](-c6c(-c7c([2H])c([2H])c([2H])c([2H])c7[2H])c([2H])c([2H])c([2H])c6-c6c([2H])c([2H])c([2H])c([2H])c6[2H])c6c([2H])c([2H])c([2H])c([2H])c65)c([2H])c([2H])c4[2H])c(-c4c([2H])c([2H])c(C(C)(C)C)c([2H])c4[2H])c([2H])c3c3c([2H])c(C)c([2H])c([2H])c32)c([2H])c(C(C)(C)C)c1[2H]. The summed E-state index contributed by atoms with van der Waals surface area (Å²) in [5.74, 6) is -1.95. The molecule has 68 heavy (non-hydrogen) atoms. The molecular weight excluding hydrogens is 829 g/mol. The Hall–Kier alpha value is -8.02. The standard InChI is InChI=1S/C63H54N4O/c1-42-28-33-55-53(36-42)54-39-52(45-29-31-46(32-30-45)62(2,3)4)59(40-58(54)67(55)60-37-47(34-35-64-60)63(5,6)7)68-49-23-16-22-48(38-49)65-41-66(57-27-15-14-26-56(57)65)61-50(43-18-10-8-11-19-43)24-17-25-51(61)44-20-12-9-13-21-44/h8-40H,1-7H3/i8D,9D,10D,11D,12D,13D,14D,15D,16D,17D,18D,19D,20D,21D,22D,23D,24D,25D,26D,27D,28D,29D,30D,31D,32D,33D,34D,35D,36D,37D,39D. The van der Waals surface area contributed by atoms with E-state index < -0.39 is 271 Å². The molecule has 0 saturated carbocycles. The van der Waals surface area contributed by atoms with Gasteiger partial charge in [0.1, 0.15) is 17.3 Å². The molecule has 0 amide bonds. The van der Waals surface area contributed by atoms with E-state index in [1.54, 1.807) is 41.5 Å². The summed E-state index contributed by atoms with van der Waals surface area (Å²) in [5.41, 5.74) is -10.8. The smallest absolute Gasteiger partial charge is 0.269 e. The summed E-state index contributed by atoms with van der Waals surface area (Å²) in [5, 5.41) is -0.522. The summed E-state index contributed by atoms with van der Waals surface area (Å²) in [6, 6.07) is -24.2. The number of benzene rings is 8. The highest BCUT2D eigenvalue weighted by atomic mass is 16.5. The topological polar surface area (TPSA) is 35.9 Å². The molecule has 0 unspecified atom stereocenters. The van der Waals surface area contributed by atoms with Crippen LogP contribution in [0.1, 0.15) is 101 Å². The molecule has 3 heterocycles. The Morgan fingerprint density at radius 1 is 0.544 bits per heavy atom. The van der Waals surface area contributed by atoms with Crippen molar-refractivity contribution >= 4 is 32.8 Å². The number of imidazole rings is 1. The van der Waals surface area contributed by atoms with Crippen LogP contribution in [0.15, 0.2) is 200 Å². The molecule has 8 aromatic carbocycles. The normalized spacial score (nSPS) is 18.4. The van der Waals surface area contributed by atoms with Crippen molar-refractivity contribution in [1.29, 1.82) is 0 Å². The predicted molar refractivity (Wildman–Crippen MR) is 281 cm³/mol.